The number of amides is 1. The SMILES string of the molecule is Cc1nn(C(C)CC(=O)N2CCc3c([nH]c4ccc(Cl)cc34)C2)c(C)c1C. The van der Waals surface area contributed by atoms with E-state index in [1.165, 1.54) is 16.5 Å². The van der Waals surface area contributed by atoms with Gasteiger partial charge in [-0.1, -0.05) is 11.6 Å². The average molecular weight is 385 g/mol. The molecular formula is C21H25ClN4O. The van der Waals surface area contributed by atoms with Crippen LogP contribution >= 0.6 is 11.6 Å². The van der Waals surface area contributed by atoms with Crippen LogP contribution in [0.1, 0.15) is 47.6 Å². The first-order valence-corrected chi connectivity index (χ1v) is 9.82. The summed E-state index contributed by atoms with van der Waals surface area (Å²) in [4.78, 5) is 18.3. The molecule has 1 aliphatic heterocycles. The molecule has 2 aromatic heterocycles. The molecule has 6 heteroatoms. The van der Waals surface area contributed by atoms with Crippen molar-refractivity contribution in [1.29, 1.82) is 0 Å². The number of fused-ring (bicyclic) bond motifs is 3. The summed E-state index contributed by atoms with van der Waals surface area (Å²) < 4.78 is 1.99. The molecule has 0 spiro atoms. The molecule has 0 bridgehead atoms. The third-order valence-electron chi connectivity index (χ3n) is 5.86. The number of nitrogens with zero attached hydrogens (tertiary/aromatic N) is 3. The van der Waals surface area contributed by atoms with Gasteiger partial charge in [0.05, 0.1) is 18.3 Å². The summed E-state index contributed by atoms with van der Waals surface area (Å²) in [6.07, 6.45) is 1.32. The van der Waals surface area contributed by atoms with E-state index in [9.17, 15) is 4.79 Å². The number of aromatic nitrogens is 3. The zero-order valence-electron chi connectivity index (χ0n) is 16.3. The summed E-state index contributed by atoms with van der Waals surface area (Å²) in [7, 11) is 0. The van der Waals surface area contributed by atoms with Gasteiger partial charge in [0.15, 0.2) is 0 Å². The highest BCUT2D eigenvalue weighted by Gasteiger charge is 2.26. The fourth-order valence-electron chi connectivity index (χ4n) is 4.07. The number of hydrogen-bond acceptors (Lipinski definition) is 2. The van der Waals surface area contributed by atoms with Crippen LogP contribution in [0.15, 0.2) is 18.2 Å². The second kappa shape index (κ2) is 6.71. The fraction of sp³-hybridized carbons (Fsp3) is 0.429. The van der Waals surface area contributed by atoms with E-state index in [1.807, 2.05) is 34.7 Å². The number of carbonyl (C=O) groups excluding carboxylic acids is 1. The Bertz CT molecular complexity index is 1030. The smallest absolute Gasteiger partial charge is 0.225 e. The Morgan fingerprint density at radius 3 is 2.81 bits per heavy atom. The van der Waals surface area contributed by atoms with Crippen LogP contribution in [0.25, 0.3) is 10.9 Å². The van der Waals surface area contributed by atoms with Crippen molar-refractivity contribution in [3.05, 3.63) is 51.4 Å². The van der Waals surface area contributed by atoms with E-state index in [-0.39, 0.29) is 11.9 Å². The quantitative estimate of drug-likeness (QED) is 0.723. The molecule has 3 aromatic rings. The van der Waals surface area contributed by atoms with E-state index in [2.05, 4.69) is 30.9 Å². The number of halogens is 1. The fourth-order valence-corrected chi connectivity index (χ4v) is 4.24. The average Bonchev–Trinajstić information content (AvgIpc) is 3.13. The van der Waals surface area contributed by atoms with Gasteiger partial charge in [-0.2, -0.15) is 5.10 Å². The minimum Gasteiger partial charge on any atom is -0.357 e. The Hall–Kier alpha value is -2.27. The molecule has 0 saturated heterocycles. The van der Waals surface area contributed by atoms with Crippen LogP contribution < -0.4 is 0 Å². The number of hydrogen-bond donors (Lipinski definition) is 1. The van der Waals surface area contributed by atoms with Crippen molar-refractivity contribution in [2.75, 3.05) is 6.54 Å². The van der Waals surface area contributed by atoms with E-state index >= 15 is 0 Å². The first-order chi connectivity index (χ1) is 12.8. The molecule has 142 valence electrons. The Labute approximate surface area is 164 Å². The van der Waals surface area contributed by atoms with Gasteiger partial charge < -0.3 is 9.88 Å². The zero-order valence-corrected chi connectivity index (χ0v) is 17.0. The van der Waals surface area contributed by atoms with Gasteiger partial charge in [-0.15, -0.1) is 0 Å². The van der Waals surface area contributed by atoms with Crippen molar-refractivity contribution in [3.63, 3.8) is 0 Å². The highest BCUT2D eigenvalue weighted by atomic mass is 35.5. The monoisotopic (exact) mass is 384 g/mol. The highest BCUT2D eigenvalue weighted by molar-refractivity contribution is 6.31. The standard InChI is InChI=1S/C21H25ClN4O/c1-12(26-15(4)13(2)14(3)24-26)9-21(27)25-8-7-17-18-10-16(22)5-6-19(18)23-20(17)11-25/h5-6,10,12,23H,7-9,11H2,1-4H3. The molecule has 1 amide bonds. The van der Waals surface area contributed by atoms with Crippen molar-refractivity contribution < 1.29 is 4.79 Å². The molecule has 0 fully saturated rings. The van der Waals surface area contributed by atoms with Crippen LogP contribution in [0, 0.1) is 20.8 Å². The molecule has 1 aliphatic rings. The van der Waals surface area contributed by atoms with Crippen LogP contribution in [-0.4, -0.2) is 32.1 Å². The van der Waals surface area contributed by atoms with Crippen LogP contribution in [-0.2, 0) is 17.8 Å². The van der Waals surface area contributed by atoms with E-state index in [1.54, 1.807) is 0 Å². The lowest BCUT2D eigenvalue weighted by atomic mass is 10.0. The maximum Gasteiger partial charge on any atom is 0.225 e. The minimum absolute atomic E-state index is 0.0489. The van der Waals surface area contributed by atoms with Crippen molar-refractivity contribution in [2.45, 2.75) is 53.1 Å². The lowest BCUT2D eigenvalue weighted by molar-refractivity contribution is -0.133. The van der Waals surface area contributed by atoms with Crippen molar-refractivity contribution in [1.82, 2.24) is 19.7 Å². The topological polar surface area (TPSA) is 53.9 Å². The molecule has 0 aliphatic carbocycles. The number of H-pyrrole nitrogens is 1. The maximum absolute atomic E-state index is 12.9. The Morgan fingerprint density at radius 2 is 2.11 bits per heavy atom. The van der Waals surface area contributed by atoms with E-state index in [4.69, 9.17) is 11.6 Å². The van der Waals surface area contributed by atoms with Crippen LogP contribution in [0.3, 0.4) is 0 Å². The van der Waals surface area contributed by atoms with E-state index in [0.29, 0.717) is 13.0 Å². The van der Waals surface area contributed by atoms with Crippen LogP contribution in [0.4, 0.5) is 0 Å². The molecule has 5 nitrogen and oxygen atoms in total. The number of aromatic amines is 1. The predicted octanol–water partition coefficient (Wildman–Crippen LogP) is 4.48. The van der Waals surface area contributed by atoms with Gasteiger partial charge in [0.1, 0.15) is 0 Å². The molecule has 0 saturated carbocycles. The van der Waals surface area contributed by atoms with Crippen molar-refractivity contribution >= 4 is 28.4 Å². The molecule has 4 rings (SSSR count). The second-order valence-corrected chi connectivity index (χ2v) is 8.07. The van der Waals surface area contributed by atoms with Crippen molar-refractivity contribution in [3.8, 4) is 0 Å². The van der Waals surface area contributed by atoms with Gasteiger partial charge in [-0.05, 0) is 63.4 Å². The highest BCUT2D eigenvalue weighted by Crippen LogP contribution is 2.30. The largest absolute Gasteiger partial charge is 0.357 e. The van der Waals surface area contributed by atoms with Gasteiger partial charge in [0, 0.05) is 40.3 Å². The first-order valence-electron chi connectivity index (χ1n) is 9.44. The predicted molar refractivity (Wildman–Crippen MR) is 108 cm³/mol. The maximum atomic E-state index is 12.9. The number of nitrogens with one attached hydrogen (secondary N) is 1. The Morgan fingerprint density at radius 1 is 1.33 bits per heavy atom. The lowest BCUT2D eigenvalue weighted by Crippen LogP contribution is -2.37. The summed E-state index contributed by atoms with van der Waals surface area (Å²) >= 11 is 6.15. The summed E-state index contributed by atoms with van der Waals surface area (Å²) in [6, 6.07) is 5.96. The molecule has 1 unspecified atom stereocenters. The molecule has 1 N–H and O–H groups in total. The van der Waals surface area contributed by atoms with E-state index < -0.39 is 0 Å². The molecule has 27 heavy (non-hydrogen) atoms. The summed E-state index contributed by atoms with van der Waals surface area (Å²) in [6.45, 7) is 9.60. The minimum atomic E-state index is 0.0489. The third-order valence-corrected chi connectivity index (χ3v) is 6.10. The molecular weight excluding hydrogens is 360 g/mol. The van der Waals surface area contributed by atoms with Gasteiger partial charge >= 0.3 is 0 Å². The van der Waals surface area contributed by atoms with E-state index in [0.717, 1.165) is 40.6 Å². The molecule has 1 aromatic carbocycles. The summed E-state index contributed by atoms with van der Waals surface area (Å²) in [5.74, 6) is 0.176. The van der Waals surface area contributed by atoms with Gasteiger partial charge in [-0.3, -0.25) is 9.48 Å². The van der Waals surface area contributed by atoms with Crippen molar-refractivity contribution in [2.24, 2.45) is 0 Å². The summed E-state index contributed by atoms with van der Waals surface area (Å²) in [5.41, 5.74) is 6.88. The van der Waals surface area contributed by atoms with Crippen LogP contribution in [0.5, 0.6) is 0 Å². The molecule has 0 radical (unpaired) electrons. The van der Waals surface area contributed by atoms with Gasteiger partial charge in [-0.25, -0.2) is 0 Å². The number of rotatable bonds is 3. The third kappa shape index (κ3) is 3.14. The molecule has 1 atom stereocenters. The van der Waals surface area contributed by atoms with Crippen LogP contribution in [0.2, 0.25) is 5.02 Å². The molecule has 3 heterocycles. The van der Waals surface area contributed by atoms with Gasteiger partial charge in [0.25, 0.3) is 0 Å². The Balaban J connectivity index is 1.51. The zero-order chi connectivity index (χ0) is 19.3. The summed E-state index contributed by atoms with van der Waals surface area (Å²) in [5, 5.41) is 6.53. The second-order valence-electron chi connectivity index (χ2n) is 7.63. The number of aryl methyl sites for hydroxylation is 1. The number of carbonyl (C=O) groups is 1. The number of benzene rings is 1. The normalized spacial score (nSPS) is 15.2. The first kappa shape index (κ1) is 18.1. The van der Waals surface area contributed by atoms with Gasteiger partial charge in [0.2, 0.25) is 5.91 Å². The Kier molecular flexibility index (Phi) is 4.50. The lowest BCUT2D eigenvalue weighted by Gasteiger charge is -2.28.